The molecule has 0 spiro atoms. The van der Waals surface area contributed by atoms with E-state index in [2.05, 4.69) is 41.4 Å². The molecule has 1 aromatic rings. The standard InChI is InChI=1S/C16H22N2O/c1-12-6-8-17-10-15(12)16(19)18-9-7-13-4-2-3-5-14(13)11-18/h2-5,12,15,17H,6-11H2,1H3. The first kappa shape index (κ1) is 12.7. The van der Waals surface area contributed by atoms with Crippen LogP contribution in [0.3, 0.4) is 0 Å². The third-order valence-electron chi connectivity index (χ3n) is 4.59. The number of piperidine rings is 1. The lowest BCUT2D eigenvalue weighted by Crippen LogP contribution is -2.47. The summed E-state index contributed by atoms with van der Waals surface area (Å²) in [6.07, 6.45) is 2.11. The van der Waals surface area contributed by atoms with Gasteiger partial charge in [0.05, 0.1) is 5.92 Å². The van der Waals surface area contributed by atoms with Crippen molar-refractivity contribution in [3.05, 3.63) is 35.4 Å². The van der Waals surface area contributed by atoms with Gasteiger partial charge in [0, 0.05) is 19.6 Å². The highest BCUT2D eigenvalue weighted by Gasteiger charge is 2.32. The van der Waals surface area contributed by atoms with Crippen molar-refractivity contribution in [1.29, 1.82) is 0 Å². The Bertz CT molecular complexity index is 472. The molecule has 0 saturated carbocycles. The zero-order valence-electron chi connectivity index (χ0n) is 11.6. The smallest absolute Gasteiger partial charge is 0.227 e. The van der Waals surface area contributed by atoms with Crippen LogP contribution in [0.2, 0.25) is 0 Å². The molecular formula is C16H22N2O. The Morgan fingerprint density at radius 2 is 2.11 bits per heavy atom. The summed E-state index contributed by atoms with van der Waals surface area (Å²) in [5.41, 5.74) is 2.72. The molecule has 3 rings (SSSR count). The maximum atomic E-state index is 12.7. The SMILES string of the molecule is CC1CCNCC1C(=O)N1CCc2ccccc2C1. The Morgan fingerprint density at radius 1 is 1.32 bits per heavy atom. The Hall–Kier alpha value is -1.35. The highest BCUT2D eigenvalue weighted by molar-refractivity contribution is 5.79. The summed E-state index contributed by atoms with van der Waals surface area (Å²) in [6, 6.07) is 8.49. The lowest BCUT2D eigenvalue weighted by atomic mass is 9.86. The zero-order chi connectivity index (χ0) is 13.2. The molecule has 19 heavy (non-hydrogen) atoms. The molecule has 1 amide bonds. The zero-order valence-corrected chi connectivity index (χ0v) is 11.6. The van der Waals surface area contributed by atoms with Crippen LogP contribution in [-0.2, 0) is 17.8 Å². The van der Waals surface area contributed by atoms with E-state index in [4.69, 9.17) is 0 Å². The van der Waals surface area contributed by atoms with Gasteiger partial charge >= 0.3 is 0 Å². The monoisotopic (exact) mass is 258 g/mol. The highest BCUT2D eigenvalue weighted by Crippen LogP contribution is 2.25. The van der Waals surface area contributed by atoms with Crippen molar-refractivity contribution in [2.24, 2.45) is 11.8 Å². The van der Waals surface area contributed by atoms with E-state index in [0.29, 0.717) is 11.8 Å². The molecule has 3 nitrogen and oxygen atoms in total. The second kappa shape index (κ2) is 5.33. The van der Waals surface area contributed by atoms with Crippen LogP contribution < -0.4 is 5.32 Å². The molecule has 1 aromatic carbocycles. The van der Waals surface area contributed by atoms with E-state index in [-0.39, 0.29) is 5.92 Å². The molecule has 1 N–H and O–H groups in total. The van der Waals surface area contributed by atoms with E-state index in [0.717, 1.165) is 39.0 Å². The summed E-state index contributed by atoms with van der Waals surface area (Å²) >= 11 is 0. The number of hydrogen-bond acceptors (Lipinski definition) is 2. The average molecular weight is 258 g/mol. The number of fused-ring (bicyclic) bond motifs is 1. The van der Waals surface area contributed by atoms with Crippen molar-refractivity contribution < 1.29 is 4.79 Å². The number of nitrogens with zero attached hydrogens (tertiary/aromatic N) is 1. The first-order valence-electron chi connectivity index (χ1n) is 7.32. The minimum atomic E-state index is 0.166. The van der Waals surface area contributed by atoms with Gasteiger partial charge in [-0.25, -0.2) is 0 Å². The van der Waals surface area contributed by atoms with Crippen LogP contribution in [0.4, 0.5) is 0 Å². The predicted molar refractivity (Wildman–Crippen MR) is 75.7 cm³/mol. The summed E-state index contributed by atoms with van der Waals surface area (Å²) < 4.78 is 0. The molecule has 3 heteroatoms. The van der Waals surface area contributed by atoms with Gasteiger partial charge in [-0.1, -0.05) is 31.2 Å². The van der Waals surface area contributed by atoms with Crippen molar-refractivity contribution in [3.63, 3.8) is 0 Å². The molecule has 0 bridgehead atoms. The fourth-order valence-electron chi connectivity index (χ4n) is 3.24. The molecule has 2 aliphatic rings. The third-order valence-corrected chi connectivity index (χ3v) is 4.59. The van der Waals surface area contributed by atoms with Gasteiger partial charge in [-0.05, 0) is 36.4 Å². The van der Waals surface area contributed by atoms with Gasteiger partial charge in [0.1, 0.15) is 0 Å². The fraction of sp³-hybridized carbons (Fsp3) is 0.562. The van der Waals surface area contributed by atoms with E-state index in [9.17, 15) is 4.79 Å². The highest BCUT2D eigenvalue weighted by atomic mass is 16.2. The number of carbonyl (C=O) groups is 1. The molecule has 2 heterocycles. The number of nitrogens with one attached hydrogen (secondary N) is 1. The van der Waals surface area contributed by atoms with Gasteiger partial charge in [-0.3, -0.25) is 4.79 Å². The lowest BCUT2D eigenvalue weighted by Gasteiger charge is -2.36. The molecule has 1 fully saturated rings. The fourth-order valence-corrected chi connectivity index (χ4v) is 3.24. The van der Waals surface area contributed by atoms with Gasteiger partial charge in [-0.15, -0.1) is 0 Å². The first-order chi connectivity index (χ1) is 9.25. The van der Waals surface area contributed by atoms with E-state index >= 15 is 0 Å². The maximum absolute atomic E-state index is 12.7. The van der Waals surface area contributed by atoms with Gasteiger partial charge in [0.25, 0.3) is 0 Å². The van der Waals surface area contributed by atoms with Crippen LogP contribution in [-0.4, -0.2) is 30.4 Å². The minimum absolute atomic E-state index is 0.166. The maximum Gasteiger partial charge on any atom is 0.227 e. The van der Waals surface area contributed by atoms with E-state index in [1.165, 1.54) is 11.1 Å². The molecule has 2 atom stereocenters. The topological polar surface area (TPSA) is 32.3 Å². The Morgan fingerprint density at radius 3 is 2.89 bits per heavy atom. The Kier molecular flexibility index (Phi) is 3.56. The summed E-state index contributed by atoms with van der Waals surface area (Å²) in [7, 11) is 0. The number of rotatable bonds is 1. The summed E-state index contributed by atoms with van der Waals surface area (Å²) in [4.78, 5) is 14.7. The molecule has 0 aliphatic carbocycles. The number of hydrogen-bond donors (Lipinski definition) is 1. The molecular weight excluding hydrogens is 236 g/mol. The van der Waals surface area contributed by atoms with Crippen LogP contribution in [0.15, 0.2) is 24.3 Å². The van der Waals surface area contributed by atoms with Crippen LogP contribution in [0.1, 0.15) is 24.5 Å². The number of benzene rings is 1. The van der Waals surface area contributed by atoms with Gasteiger partial charge < -0.3 is 10.2 Å². The molecule has 0 radical (unpaired) electrons. The number of amides is 1. The van der Waals surface area contributed by atoms with Crippen LogP contribution in [0, 0.1) is 11.8 Å². The molecule has 1 saturated heterocycles. The quantitative estimate of drug-likeness (QED) is 0.833. The van der Waals surface area contributed by atoms with E-state index in [1.54, 1.807) is 0 Å². The molecule has 102 valence electrons. The number of carbonyl (C=O) groups excluding carboxylic acids is 1. The van der Waals surface area contributed by atoms with Crippen LogP contribution in [0.5, 0.6) is 0 Å². The van der Waals surface area contributed by atoms with Gasteiger partial charge in [0.2, 0.25) is 5.91 Å². The minimum Gasteiger partial charge on any atom is -0.338 e. The van der Waals surface area contributed by atoms with E-state index < -0.39 is 0 Å². The van der Waals surface area contributed by atoms with Crippen LogP contribution in [0.25, 0.3) is 0 Å². The Balaban J connectivity index is 1.72. The Labute approximate surface area is 115 Å². The predicted octanol–water partition coefficient (Wildman–Crippen LogP) is 1.82. The second-order valence-electron chi connectivity index (χ2n) is 5.86. The van der Waals surface area contributed by atoms with Gasteiger partial charge in [0.15, 0.2) is 0 Å². The van der Waals surface area contributed by atoms with Crippen molar-refractivity contribution in [2.75, 3.05) is 19.6 Å². The largest absolute Gasteiger partial charge is 0.338 e. The van der Waals surface area contributed by atoms with Crippen LogP contribution >= 0.6 is 0 Å². The molecule has 2 aliphatic heterocycles. The van der Waals surface area contributed by atoms with Crippen molar-refractivity contribution in [1.82, 2.24) is 10.2 Å². The average Bonchev–Trinajstić information content (AvgIpc) is 2.46. The lowest BCUT2D eigenvalue weighted by molar-refractivity contribution is -0.138. The second-order valence-corrected chi connectivity index (χ2v) is 5.86. The van der Waals surface area contributed by atoms with Crippen molar-refractivity contribution in [2.45, 2.75) is 26.3 Å². The normalized spacial score (nSPS) is 26.9. The summed E-state index contributed by atoms with van der Waals surface area (Å²) in [5, 5.41) is 3.36. The van der Waals surface area contributed by atoms with Crippen molar-refractivity contribution >= 4 is 5.91 Å². The molecule has 2 unspecified atom stereocenters. The van der Waals surface area contributed by atoms with Gasteiger partial charge in [-0.2, -0.15) is 0 Å². The third kappa shape index (κ3) is 2.52. The molecule has 0 aromatic heterocycles. The van der Waals surface area contributed by atoms with Crippen molar-refractivity contribution in [3.8, 4) is 0 Å². The summed E-state index contributed by atoms with van der Waals surface area (Å²) in [6.45, 7) is 5.77. The van der Waals surface area contributed by atoms with E-state index in [1.807, 2.05) is 0 Å². The summed E-state index contributed by atoms with van der Waals surface area (Å²) in [5.74, 6) is 1.01. The first-order valence-corrected chi connectivity index (χ1v) is 7.32.